The number of hydrogen-bond acceptors (Lipinski definition) is 5. The minimum atomic E-state index is -4.60. The highest BCUT2D eigenvalue weighted by molar-refractivity contribution is 6.31. The lowest BCUT2D eigenvalue weighted by Crippen LogP contribution is -2.15. The quantitative estimate of drug-likeness (QED) is 0.211. The summed E-state index contributed by atoms with van der Waals surface area (Å²) in [4.78, 5) is 17.2. The van der Waals surface area contributed by atoms with Gasteiger partial charge in [0.05, 0.1) is 11.8 Å². The molecule has 0 bridgehead atoms. The number of fused-ring (bicyclic) bond motifs is 1. The Morgan fingerprint density at radius 2 is 1.95 bits per heavy atom. The van der Waals surface area contributed by atoms with E-state index in [0.29, 0.717) is 41.3 Å². The Morgan fingerprint density at radius 1 is 1.13 bits per heavy atom. The maximum Gasteiger partial charge on any atom is 0.416 e. The average Bonchev–Trinajstić information content (AvgIpc) is 3.27. The van der Waals surface area contributed by atoms with E-state index in [9.17, 15) is 18.0 Å². The number of aliphatic hydroxyl groups is 1. The molecule has 0 saturated carbocycles. The van der Waals surface area contributed by atoms with Crippen LogP contribution in [0, 0.1) is 18.8 Å². The second-order valence-electron chi connectivity index (χ2n) is 8.40. The van der Waals surface area contributed by atoms with Gasteiger partial charge in [0, 0.05) is 35.0 Å². The number of imidazole rings is 1. The lowest BCUT2D eigenvalue weighted by molar-refractivity contribution is -0.137. The third-order valence-electron chi connectivity index (χ3n) is 5.64. The second kappa shape index (κ2) is 11.5. The van der Waals surface area contributed by atoms with Gasteiger partial charge < -0.3 is 15.7 Å². The van der Waals surface area contributed by atoms with Gasteiger partial charge in [-0.1, -0.05) is 23.6 Å². The smallest absolute Gasteiger partial charge is 0.396 e. The molecule has 3 N–H and O–H groups in total. The molecule has 4 rings (SSSR count). The first-order valence-corrected chi connectivity index (χ1v) is 12.0. The molecule has 0 spiro atoms. The van der Waals surface area contributed by atoms with Gasteiger partial charge in [0.1, 0.15) is 11.5 Å². The maximum atomic E-state index is 13.1. The van der Waals surface area contributed by atoms with Crippen LogP contribution in [0.15, 0.2) is 54.7 Å². The van der Waals surface area contributed by atoms with Crippen molar-refractivity contribution in [2.45, 2.75) is 25.9 Å². The minimum absolute atomic E-state index is 0.0664. The van der Waals surface area contributed by atoms with E-state index in [4.69, 9.17) is 16.7 Å². The van der Waals surface area contributed by atoms with Crippen LogP contribution in [0.25, 0.3) is 5.65 Å². The molecule has 7 nitrogen and oxygen atoms in total. The van der Waals surface area contributed by atoms with Crippen LogP contribution in [0.4, 0.5) is 24.7 Å². The molecule has 0 unspecified atom stereocenters. The molecule has 1 amide bonds. The summed E-state index contributed by atoms with van der Waals surface area (Å²) in [5, 5.41) is 19.0. The van der Waals surface area contributed by atoms with Crippen molar-refractivity contribution < 1.29 is 23.1 Å². The molecule has 0 fully saturated rings. The zero-order chi connectivity index (χ0) is 27.3. The molecule has 11 heteroatoms. The fourth-order valence-electron chi connectivity index (χ4n) is 3.68. The summed E-state index contributed by atoms with van der Waals surface area (Å²) in [6.45, 7) is 2.51. The van der Waals surface area contributed by atoms with Gasteiger partial charge in [-0.2, -0.15) is 13.2 Å². The topological polar surface area (TPSA) is 91.6 Å². The van der Waals surface area contributed by atoms with Gasteiger partial charge in [-0.15, -0.1) is 5.10 Å². The Hall–Kier alpha value is -4.07. The first kappa shape index (κ1) is 27.0. The molecule has 2 aromatic heterocycles. The van der Waals surface area contributed by atoms with E-state index in [-0.39, 0.29) is 22.9 Å². The normalized spacial score (nSPS) is 11.2. The van der Waals surface area contributed by atoms with Crippen LogP contribution in [0.5, 0.6) is 0 Å². The second-order valence-corrected chi connectivity index (χ2v) is 8.83. The summed E-state index contributed by atoms with van der Waals surface area (Å²) >= 11 is 5.83. The zero-order valence-electron chi connectivity index (χ0n) is 20.2. The van der Waals surface area contributed by atoms with E-state index in [1.807, 2.05) is 12.1 Å². The molecule has 0 atom stereocenters. The zero-order valence-corrected chi connectivity index (χ0v) is 21.0. The summed E-state index contributed by atoms with van der Waals surface area (Å²) in [5.74, 6) is 6.12. The number of hydrogen-bond donors (Lipinski definition) is 3. The molecular weight excluding hydrogens is 519 g/mol. The number of carbonyl (C=O) groups is 1. The highest BCUT2D eigenvalue weighted by Crippen LogP contribution is 2.33. The van der Waals surface area contributed by atoms with E-state index in [0.717, 1.165) is 18.6 Å². The molecule has 4 aromatic rings. The van der Waals surface area contributed by atoms with Crippen LogP contribution < -0.4 is 10.6 Å². The summed E-state index contributed by atoms with van der Waals surface area (Å²) in [7, 11) is 0. The SMILES string of the molecule is Cc1c(C#Cc2cnc3ccc(NCCCCO)nn23)cccc1C(=O)Nc1cc(Cl)cc(C(F)(F)F)c1. The molecule has 38 heavy (non-hydrogen) atoms. The fraction of sp³-hybridized carbons (Fsp3) is 0.222. The molecular formula is C27H23ClF3N5O2. The molecule has 2 heterocycles. The van der Waals surface area contributed by atoms with Crippen LogP contribution in [0.1, 0.15) is 45.6 Å². The number of amides is 1. The number of aromatic nitrogens is 3. The molecule has 0 aliphatic heterocycles. The molecule has 0 aliphatic rings. The number of nitrogens with zero attached hydrogens (tertiary/aromatic N) is 3. The monoisotopic (exact) mass is 541 g/mol. The number of rotatable bonds is 7. The standard InChI is InChI=1S/C27H23ClF3N5O2/c1-17-18(7-8-22-16-33-25-10-9-24(35-36(22)25)32-11-2-3-12-37)5-4-6-23(17)26(38)34-21-14-19(27(29,30)31)13-20(28)15-21/h4-6,9-10,13-16,37H,2-3,11-12H2,1H3,(H,32,35)(H,34,38). The lowest BCUT2D eigenvalue weighted by Gasteiger charge is -2.12. The molecule has 0 radical (unpaired) electrons. The van der Waals surface area contributed by atoms with Gasteiger partial charge >= 0.3 is 6.18 Å². The number of anilines is 2. The Kier molecular flexibility index (Phi) is 8.20. The van der Waals surface area contributed by atoms with E-state index >= 15 is 0 Å². The molecule has 0 saturated heterocycles. The van der Waals surface area contributed by atoms with E-state index in [1.54, 1.807) is 35.8 Å². The van der Waals surface area contributed by atoms with E-state index in [2.05, 4.69) is 32.6 Å². The Labute approximate surface area is 221 Å². The van der Waals surface area contributed by atoms with Crippen LogP contribution in [-0.2, 0) is 6.18 Å². The van der Waals surface area contributed by atoms with Crippen LogP contribution in [0.2, 0.25) is 5.02 Å². The number of aliphatic hydroxyl groups excluding tert-OH is 1. The number of halogens is 4. The van der Waals surface area contributed by atoms with Gasteiger partial charge in [0.2, 0.25) is 0 Å². The minimum Gasteiger partial charge on any atom is -0.396 e. The van der Waals surface area contributed by atoms with Crippen LogP contribution in [-0.4, -0.2) is 38.8 Å². The third kappa shape index (κ3) is 6.43. The predicted octanol–water partition coefficient (Wildman–Crippen LogP) is 5.55. The van der Waals surface area contributed by atoms with Gasteiger partial charge in [0.25, 0.3) is 5.91 Å². The van der Waals surface area contributed by atoms with Gasteiger partial charge in [-0.25, -0.2) is 9.50 Å². The Bertz CT molecular complexity index is 1540. The van der Waals surface area contributed by atoms with Gasteiger partial charge in [-0.3, -0.25) is 4.79 Å². The fourth-order valence-corrected chi connectivity index (χ4v) is 3.91. The predicted molar refractivity (Wildman–Crippen MR) is 139 cm³/mol. The first-order valence-electron chi connectivity index (χ1n) is 11.7. The summed E-state index contributed by atoms with van der Waals surface area (Å²) in [6, 6.07) is 11.4. The van der Waals surface area contributed by atoms with Crippen molar-refractivity contribution in [2.75, 3.05) is 23.8 Å². The molecule has 196 valence electrons. The number of carbonyl (C=O) groups excluding carboxylic acids is 1. The number of nitrogens with one attached hydrogen (secondary N) is 2. The summed E-state index contributed by atoms with van der Waals surface area (Å²) < 4.78 is 41.0. The Balaban J connectivity index is 1.56. The highest BCUT2D eigenvalue weighted by Gasteiger charge is 2.31. The average molecular weight is 542 g/mol. The van der Waals surface area contributed by atoms with Crippen molar-refractivity contribution in [3.8, 4) is 11.8 Å². The Morgan fingerprint density at radius 3 is 2.71 bits per heavy atom. The number of benzene rings is 2. The largest absolute Gasteiger partial charge is 0.416 e. The summed E-state index contributed by atoms with van der Waals surface area (Å²) in [5.41, 5.74) is 1.50. The molecule has 2 aromatic carbocycles. The lowest BCUT2D eigenvalue weighted by atomic mass is 10.0. The number of unbranched alkanes of at least 4 members (excludes halogenated alkanes) is 1. The first-order chi connectivity index (χ1) is 18.2. The maximum absolute atomic E-state index is 13.1. The van der Waals surface area contributed by atoms with Crippen LogP contribution >= 0.6 is 11.6 Å². The summed E-state index contributed by atoms with van der Waals surface area (Å²) in [6.07, 6.45) is -1.51. The van der Waals surface area contributed by atoms with Crippen molar-refractivity contribution in [2.24, 2.45) is 0 Å². The van der Waals surface area contributed by atoms with Crippen molar-refractivity contribution >= 4 is 34.7 Å². The van der Waals surface area contributed by atoms with E-state index < -0.39 is 17.6 Å². The van der Waals surface area contributed by atoms with Crippen molar-refractivity contribution in [3.05, 3.63) is 87.7 Å². The van der Waals surface area contributed by atoms with Crippen molar-refractivity contribution in [3.63, 3.8) is 0 Å². The van der Waals surface area contributed by atoms with E-state index in [1.165, 1.54) is 6.07 Å². The van der Waals surface area contributed by atoms with Crippen molar-refractivity contribution in [1.29, 1.82) is 0 Å². The van der Waals surface area contributed by atoms with Gasteiger partial charge in [0.15, 0.2) is 5.65 Å². The van der Waals surface area contributed by atoms with Gasteiger partial charge in [-0.05, 0) is 73.7 Å². The third-order valence-corrected chi connectivity index (χ3v) is 5.86. The molecule has 0 aliphatic carbocycles. The highest BCUT2D eigenvalue weighted by atomic mass is 35.5. The van der Waals surface area contributed by atoms with Crippen molar-refractivity contribution in [1.82, 2.24) is 14.6 Å². The van der Waals surface area contributed by atoms with Crippen LogP contribution in [0.3, 0.4) is 0 Å². The number of alkyl halides is 3.